The molecule has 1 amide bonds. The van der Waals surface area contributed by atoms with E-state index < -0.39 is 10.0 Å². The zero-order chi connectivity index (χ0) is 19.4. The Morgan fingerprint density at radius 2 is 1.74 bits per heavy atom. The van der Waals surface area contributed by atoms with E-state index in [1.165, 1.54) is 16.4 Å². The summed E-state index contributed by atoms with van der Waals surface area (Å²) in [6, 6.07) is 6.14. The summed E-state index contributed by atoms with van der Waals surface area (Å²) < 4.78 is 37.8. The third-order valence-electron chi connectivity index (χ3n) is 5.22. The summed E-state index contributed by atoms with van der Waals surface area (Å²) in [5, 5.41) is 0. The highest BCUT2D eigenvalue weighted by Crippen LogP contribution is 2.26. The number of likely N-dealkylation sites (tertiary alicyclic amines) is 1. The second kappa shape index (κ2) is 8.68. The van der Waals surface area contributed by atoms with E-state index in [-0.39, 0.29) is 23.1 Å². The summed E-state index contributed by atoms with van der Waals surface area (Å²) in [5.41, 5.74) is 0.485. The highest BCUT2D eigenvalue weighted by molar-refractivity contribution is 7.89. The Labute approximate surface area is 161 Å². The number of hydrogen-bond donors (Lipinski definition) is 0. The van der Waals surface area contributed by atoms with Gasteiger partial charge in [0.2, 0.25) is 10.0 Å². The van der Waals surface area contributed by atoms with Crippen LogP contribution in [-0.2, 0) is 19.5 Å². The van der Waals surface area contributed by atoms with Gasteiger partial charge >= 0.3 is 0 Å². The maximum Gasteiger partial charge on any atom is 0.254 e. The molecule has 1 aromatic rings. The third kappa shape index (κ3) is 4.18. The molecule has 0 spiro atoms. The molecular formula is C19H28N2O5S. The molecule has 150 valence electrons. The molecule has 2 fully saturated rings. The topological polar surface area (TPSA) is 76.2 Å². The van der Waals surface area contributed by atoms with Gasteiger partial charge in [-0.3, -0.25) is 4.79 Å². The van der Waals surface area contributed by atoms with E-state index in [9.17, 15) is 13.2 Å². The van der Waals surface area contributed by atoms with E-state index >= 15 is 0 Å². The van der Waals surface area contributed by atoms with Crippen molar-refractivity contribution in [2.75, 3.05) is 32.8 Å². The van der Waals surface area contributed by atoms with Crippen LogP contribution in [0.1, 0.15) is 43.5 Å². The van der Waals surface area contributed by atoms with Crippen LogP contribution in [0.5, 0.6) is 0 Å². The Bertz CT molecular complexity index is 740. The average Bonchev–Trinajstić information content (AvgIpc) is 3.23. The maximum atomic E-state index is 13.0. The number of nitrogens with zero attached hydrogens (tertiary/aromatic N) is 2. The van der Waals surface area contributed by atoms with Crippen LogP contribution in [0.2, 0.25) is 0 Å². The Balaban J connectivity index is 1.78. The summed E-state index contributed by atoms with van der Waals surface area (Å²) in [6.07, 6.45) is 2.48. The van der Waals surface area contributed by atoms with Crippen molar-refractivity contribution in [2.45, 2.75) is 50.3 Å². The second-order valence-corrected chi connectivity index (χ2v) is 8.72. The lowest BCUT2D eigenvalue weighted by Crippen LogP contribution is -2.50. The molecule has 7 nitrogen and oxygen atoms in total. The van der Waals surface area contributed by atoms with Gasteiger partial charge in [-0.2, -0.15) is 4.31 Å². The number of sulfonamides is 1. The molecule has 1 atom stereocenters. The van der Waals surface area contributed by atoms with E-state index in [1.54, 1.807) is 12.1 Å². The van der Waals surface area contributed by atoms with Gasteiger partial charge in [-0.15, -0.1) is 0 Å². The van der Waals surface area contributed by atoms with Crippen LogP contribution in [0.15, 0.2) is 29.2 Å². The molecule has 0 bridgehead atoms. The summed E-state index contributed by atoms with van der Waals surface area (Å²) in [5.74, 6) is -0.106. The molecule has 0 radical (unpaired) electrons. The normalized spacial score (nSPS) is 21.7. The predicted molar refractivity (Wildman–Crippen MR) is 101 cm³/mol. The van der Waals surface area contributed by atoms with Crippen LogP contribution >= 0.6 is 0 Å². The molecule has 2 aliphatic heterocycles. The van der Waals surface area contributed by atoms with Crippen molar-refractivity contribution in [1.82, 2.24) is 9.21 Å². The van der Waals surface area contributed by atoms with Crippen LogP contribution in [0.4, 0.5) is 0 Å². The van der Waals surface area contributed by atoms with Gasteiger partial charge in [-0.25, -0.2) is 8.42 Å². The summed E-state index contributed by atoms with van der Waals surface area (Å²) >= 11 is 0. The molecule has 2 saturated heterocycles. The van der Waals surface area contributed by atoms with Crippen LogP contribution < -0.4 is 0 Å². The van der Waals surface area contributed by atoms with Crippen molar-refractivity contribution in [2.24, 2.45) is 0 Å². The SMILES string of the molecule is CCN(CC)S(=O)(=O)c1ccc(C(=O)N2CCCCC2C2OCCO2)cc1. The second-order valence-electron chi connectivity index (χ2n) is 6.79. The number of hydrogen-bond acceptors (Lipinski definition) is 5. The van der Waals surface area contributed by atoms with E-state index in [0.29, 0.717) is 38.4 Å². The Morgan fingerprint density at radius 3 is 2.33 bits per heavy atom. The third-order valence-corrected chi connectivity index (χ3v) is 7.28. The fraction of sp³-hybridized carbons (Fsp3) is 0.632. The first-order valence-corrected chi connectivity index (χ1v) is 11.1. The van der Waals surface area contributed by atoms with Gasteiger partial charge in [0.25, 0.3) is 5.91 Å². The van der Waals surface area contributed by atoms with Crippen molar-refractivity contribution in [3.05, 3.63) is 29.8 Å². The summed E-state index contributed by atoms with van der Waals surface area (Å²) in [4.78, 5) is 15.1. The van der Waals surface area contributed by atoms with Crippen LogP contribution in [0.25, 0.3) is 0 Å². The monoisotopic (exact) mass is 396 g/mol. The van der Waals surface area contributed by atoms with Crippen molar-refractivity contribution < 1.29 is 22.7 Å². The van der Waals surface area contributed by atoms with Crippen LogP contribution in [-0.4, -0.2) is 68.7 Å². The zero-order valence-electron chi connectivity index (χ0n) is 16.0. The Kier molecular flexibility index (Phi) is 6.52. The van der Waals surface area contributed by atoms with Gasteiger partial charge in [0.05, 0.1) is 24.2 Å². The first kappa shape index (κ1) is 20.3. The molecule has 1 aromatic carbocycles. The minimum absolute atomic E-state index is 0.0900. The van der Waals surface area contributed by atoms with E-state index in [0.717, 1.165) is 19.3 Å². The number of piperidine rings is 1. The number of rotatable bonds is 6. The molecule has 0 aromatic heterocycles. The van der Waals surface area contributed by atoms with Gasteiger partial charge in [0.1, 0.15) is 0 Å². The van der Waals surface area contributed by atoms with E-state index in [2.05, 4.69) is 0 Å². The molecule has 2 aliphatic rings. The molecule has 3 rings (SSSR count). The Hall–Kier alpha value is -1.48. The fourth-order valence-corrected chi connectivity index (χ4v) is 5.20. The molecule has 0 N–H and O–H groups in total. The molecule has 0 saturated carbocycles. The lowest BCUT2D eigenvalue weighted by Gasteiger charge is -2.38. The molecule has 1 unspecified atom stereocenters. The predicted octanol–water partition coefficient (Wildman–Crippen LogP) is 2.08. The highest BCUT2D eigenvalue weighted by Gasteiger charge is 2.36. The lowest BCUT2D eigenvalue weighted by atomic mass is 10.00. The van der Waals surface area contributed by atoms with Crippen LogP contribution in [0.3, 0.4) is 0 Å². The quantitative estimate of drug-likeness (QED) is 0.736. The largest absolute Gasteiger partial charge is 0.348 e. The number of carbonyl (C=O) groups excluding carboxylic acids is 1. The van der Waals surface area contributed by atoms with Gasteiger partial charge in [0.15, 0.2) is 6.29 Å². The number of ether oxygens (including phenoxy) is 2. The molecular weight excluding hydrogens is 368 g/mol. The van der Waals surface area contributed by atoms with Crippen molar-refractivity contribution in [1.29, 1.82) is 0 Å². The molecule has 8 heteroatoms. The zero-order valence-corrected chi connectivity index (χ0v) is 16.8. The minimum atomic E-state index is -3.52. The lowest BCUT2D eigenvalue weighted by molar-refractivity contribution is -0.100. The standard InChI is InChI=1S/C19H28N2O5S/c1-3-20(4-2)27(23,24)16-10-8-15(9-11-16)18(22)21-12-6-5-7-17(21)19-25-13-14-26-19/h8-11,17,19H,3-7,12-14H2,1-2H3. The number of benzene rings is 1. The van der Waals surface area contributed by atoms with Crippen LogP contribution in [0, 0.1) is 0 Å². The first-order chi connectivity index (χ1) is 13.0. The fourth-order valence-electron chi connectivity index (χ4n) is 3.74. The van der Waals surface area contributed by atoms with Gasteiger partial charge < -0.3 is 14.4 Å². The molecule has 0 aliphatic carbocycles. The van der Waals surface area contributed by atoms with Gasteiger partial charge in [-0.05, 0) is 43.5 Å². The smallest absolute Gasteiger partial charge is 0.254 e. The van der Waals surface area contributed by atoms with E-state index in [1.807, 2.05) is 18.7 Å². The average molecular weight is 397 g/mol. The van der Waals surface area contributed by atoms with E-state index in [4.69, 9.17) is 9.47 Å². The van der Waals surface area contributed by atoms with Crippen molar-refractivity contribution in [3.8, 4) is 0 Å². The highest BCUT2D eigenvalue weighted by atomic mass is 32.2. The summed E-state index contributed by atoms with van der Waals surface area (Å²) in [7, 11) is -3.52. The Morgan fingerprint density at radius 1 is 1.11 bits per heavy atom. The molecule has 2 heterocycles. The van der Waals surface area contributed by atoms with Crippen molar-refractivity contribution in [3.63, 3.8) is 0 Å². The summed E-state index contributed by atoms with van der Waals surface area (Å²) in [6.45, 7) is 6.21. The molecule has 27 heavy (non-hydrogen) atoms. The maximum absolute atomic E-state index is 13.0. The van der Waals surface area contributed by atoms with Gasteiger partial charge in [-0.1, -0.05) is 13.8 Å². The number of carbonyl (C=O) groups is 1. The van der Waals surface area contributed by atoms with Crippen molar-refractivity contribution >= 4 is 15.9 Å². The number of amides is 1. The first-order valence-electron chi connectivity index (χ1n) is 9.63. The van der Waals surface area contributed by atoms with Gasteiger partial charge in [0, 0.05) is 25.2 Å². The minimum Gasteiger partial charge on any atom is -0.348 e.